The average molecular weight is 1020 g/mol. The van der Waals surface area contributed by atoms with Gasteiger partial charge in [0.2, 0.25) is 5.60 Å². The molecule has 0 aromatic heterocycles. The largest absolute Gasteiger partial charge is 0.651 e. The van der Waals surface area contributed by atoms with Crippen molar-refractivity contribution >= 4 is 56.0 Å². The van der Waals surface area contributed by atoms with Crippen molar-refractivity contribution in [2.75, 3.05) is 30.3 Å². The molecule has 0 saturated carbocycles. The van der Waals surface area contributed by atoms with Crippen molar-refractivity contribution in [2.45, 2.75) is 87.2 Å². The minimum atomic E-state index is -6.00. The second-order valence-corrected chi connectivity index (χ2v) is 8.79. The van der Waals surface area contributed by atoms with Crippen LogP contribution in [-0.2, 0) is 89.3 Å². The molecule has 17 nitrogen and oxygen atoms in total. The standard InChI is InChI=1S/C20H20F6N3O7.C3H7S.5CH4.5H3N.2H2O.H2S.2Y.2H2/c1-10-14(28-17(33)18(2,34)16(32)27-8-19(22,23)20(24,25)26)15(31)29(5-6-35-9-30)12-7-11(21)3-4-13(12)36-10;1-2-3-4;;;;;;;;;;;;;;;;;/h3-4,7,10,14,34H,5-6,8H2,1-2H3,(H,27,32)(H,28,33);4H,1-3H2;5*1H4;5*1H3;3*1H2;;;2*1H/q2*-1;;;;;;;;;;;;;;;;;/t10-,14+,18+;;;;;;;;;;;;;;;;;;/m1................../s1. The van der Waals surface area contributed by atoms with E-state index in [1.165, 1.54) is 13.0 Å². The summed E-state index contributed by atoms with van der Waals surface area (Å²) in [5.41, 5.74) is -3.31. The first-order valence-corrected chi connectivity index (χ1v) is 12.0. The molecule has 0 bridgehead atoms. The quantitative estimate of drug-likeness (QED) is 0.0508. The van der Waals surface area contributed by atoms with E-state index in [9.17, 15) is 50.6 Å². The Hall–Kier alpha value is -0.932. The molecule has 2 radical (unpaired) electrons. The van der Waals surface area contributed by atoms with Gasteiger partial charge in [-0.25, -0.2) is 4.39 Å². The molecule has 3 amide bonds. The zero-order valence-corrected chi connectivity index (χ0v) is 34.9. The summed E-state index contributed by atoms with van der Waals surface area (Å²) < 4.78 is 86.9. The molecule has 1 aliphatic rings. The summed E-state index contributed by atoms with van der Waals surface area (Å²) in [6, 6.07) is 1.42. The monoisotopic (exact) mass is 1020 g/mol. The second kappa shape index (κ2) is 44.2. The van der Waals surface area contributed by atoms with Crippen molar-refractivity contribution in [2.24, 2.45) is 0 Å². The first-order chi connectivity index (χ1) is 18.4. The molecule has 0 unspecified atom stereocenters. The van der Waals surface area contributed by atoms with Crippen molar-refractivity contribution in [3.8, 4) is 5.75 Å². The Morgan fingerprint density at radius 3 is 1.84 bits per heavy atom. The molecule has 2 rings (SSSR count). The van der Waals surface area contributed by atoms with Gasteiger partial charge in [0.15, 0.2) is 0 Å². The van der Waals surface area contributed by atoms with Gasteiger partial charge in [0.25, 0.3) is 17.7 Å². The van der Waals surface area contributed by atoms with Crippen molar-refractivity contribution in [3.63, 3.8) is 0 Å². The van der Waals surface area contributed by atoms with E-state index < -0.39 is 66.5 Å². The van der Waals surface area contributed by atoms with Crippen LogP contribution < -0.4 is 51.0 Å². The smallest absolute Gasteiger partial charge is 0.455 e. The number of carbonyl (C=O) groups excluding carboxylic acids is 4. The molecule has 340 valence electrons. The molecular formula is C28H72F6N8O9S2Y2-2. The van der Waals surface area contributed by atoms with Gasteiger partial charge in [0.05, 0.1) is 25.4 Å². The van der Waals surface area contributed by atoms with E-state index in [-0.39, 0.29) is 179 Å². The summed E-state index contributed by atoms with van der Waals surface area (Å²) in [4.78, 5) is 49.0. The summed E-state index contributed by atoms with van der Waals surface area (Å²) in [5.74, 6) is -9.77. The molecule has 0 saturated heterocycles. The van der Waals surface area contributed by atoms with E-state index in [4.69, 9.17) is 4.74 Å². The van der Waals surface area contributed by atoms with Crippen LogP contribution >= 0.6 is 26.1 Å². The predicted octanol–water partition coefficient (Wildman–Crippen LogP) is 4.65. The number of benzene rings is 1. The molecular weight excluding hydrogens is 948 g/mol. The maximum absolute atomic E-state index is 13.8. The first kappa shape index (κ1) is 99.8. The van der Waals surface area contributed by atoms with Crippen LogP contribution in [0.1, 0.15) is 60.3 Å². The van der Waals surface area contributed by atoms with Crippen LogP contribution in [0.3, 0.4) is 0 Å². The number of fused-ring (bicyclic) bond motifs is 1. The van der Waals surface area contributed by atoms with Gasteiger partial charge >= 0.3 is 12.1 Å². The number of nitrogens with one attached hydrogen (secondary N) is 2. The fourth-order valence-electron chi connectivity index (χ4n) is 2.99. The maximum Gasteiger partial charge on any atom is 0.455 e. The van der Waals surface area contributed by atoms with E-state index in [1.807, 2.05) is 5.32 Å². The van der Waals surface area contributed by atoms with E-state index in [2.05, 4.69) is 24.3 Å². The number of amides is 3. The second-order valence-electron chi connectivity index (χ2n) is 8.34. The molecule has 27 heteroatoms. The number of alkyl halides is 5. The third-order valence-corrected chi connectivity index (χ3v) is 5.53. The summed E-state index contributed by atoms with van der Waals surface area (Å²) in [5, 5.41) is 13.4. The number of hydrogen-bond acceptors (Lipinski definition) is 13. The Bertz CT molecular complexity index is 1110. The number of nitrogens with zero attached hydrogens (tertiary/aromatic N) is 1. The molecule has 0 spiro atoms. The van der Waals surface area contributed by atoms with Crippen LogP contribution in [0.4, 0.5) is 32.0 Å². The first-order valence-electron chi connectivity index (χ1n) is 11.4. The zero-order valence-electron chi connectivity index (χ0n) is 27.4. The van der Waals surface area contributed by atoms with Crippen molar-refractivity contribution in [1.29, 1.82) is 0 Å². The molecule has 1 heterocycles. The Balaban J connectivity index is -0.0000000485. The molecule has 1 aromatic rings. The molecule has 0 aliphatic carbocycles. The molecule has 1 aliphatic heterocycles. The number of thiol groups is 1. The van der Waals surface area contributed by atoms with E-state index in [1.54, 1.807) is 0 Å². The van der Waals surface area contributed by atoms with Crippen molar-refractivity contribution in [3.05, 3.63) is 30.9 Å². The van der Waals surface area contributed by atoms with E-state index in [0.717, 1.165) is 41.0 Å². The number of carbonyl (C=O) groups is 3. The van der Waals surface area contributed by atoms with Crippen molar-refractivity contribution in [1.82, 2.24) is 41.4 Å². The van der Waals surface area contributed by atoms with Gasteiger partial charge < -0.3 is 83.5 Å². The van der Waals surface area contributed by atoms with Gasteiger partial charge in [-0.3, -0.25) is 14.4 Å². The molecule has 55 heavy (non-hydrogen) atoms. The fourth-order valence-corrected chi connectivity index (χ4v) is 2.99. The number of hydrogen-bond donors (Lipinski definition) is 9. The minimum Gasteiger partial charge on any atom is -0.651 e. The van der Waals surface area contributed by atoms with Crippen LogP contribution in [0, 0.1) is 12.7 Å². The minimum absolute atomic E-state index is 0. The fraction of sp³-hybridized carbons (Fsp3) is 0.607. The summed E-state index contributed by atoms with van der Waals surface area (Å²) in [6.45, 7) is 3.41. The Labute approximate surface area is 388 Å². The van der Waals surface area contributed by atoms with E-state index in [0.29, 0.717) is 6.92 Å². The third kappa shape index (κ3) is 29.0. The van der Waals surface area contributed by atoms with Crippen molar-refractivity contribution < 1.29 is 139 Å². The summed E-state index contributed by atoms with van der Waals surface area (Å²) in [6.07, 6.45) is -6.29. The SMILES string of the molecule is C.C.C.C.C.C[C@H]1Oc2ccc(F)cc2N(CCO[C-]=O)C(=O)[C@H]1NC(=O)[C@@](C)(O)C(=O)NCC(F)(F)C(F)(F)F.N.N.N.N.N.O.O.S.[CH2-]CCS.[HH].[HH].[Y].[Y]. The summed E-state index contributed by atoms with van der Waals surface area (Å²) >= 11 is 3.86. The molecule has 1 aromatic carbocycles. The Morgan fingerprint density at radius 2 is 1.45 bits per heavy atom. The third-order valence-electron chi connectivity index (χ3n) is 5.22. The van der Waals surface area contributed by atoms with Crippen LogP contribution in [0.25, 0.3) is 0 Å². The molecule has 0 fully saturated rings. The number of rotatable bonds is 10. The number of ether oxygens (including phenoxy) is 2. The van der Waals surface area contributed by atoms with Crippen LogP contribution in [0.5, 0.6) is 5.75 Å². The zero-order chi connectivity index (χ0) is 30.9. The van der Waals surface area contributed by atoms with Crippen LogP contribution in [0.2, 0.25) is 0 Å². The van der Waals surface area contributed by atoms with Gasteiger partial charge in [-0.15, -0.1) is 0 Å². The van der Waals surface area contributed by atoms with Gasteiger partial charge in [-0.05, 0) is 31.7 Å². The number of aliphatic hydroxyl groups is 1. The predicted molar refractivity (Wildman–Crippen MR) is 211 cm³/mol. The summed E-state index contributed by atoms with van der Waals surface area (Å²) in [7, 11) is 0. The molecule has 3 atom stereocenters. The van der Waals surface area contributed by atoms with Gasteiger partial charge in [0, 0.05) is 74.3 Å². The average Bonchev–Trinajstić information content (AvgIpc) is 2.96. The Morgan fingerprint density at radius 1 is 1.02 bits per heavy atom. The maximum atomic E-state index is 13.8. The van der Waals surface area contributed by atoms with Gasteiger partial charge in [0.1, 0.15) is 23.7 Å². The van der Waals surface area contributed by atoms with Crippen LogP contribution in [0.15, 0.2) is 18.2 Å². The molecule has 22 N–H and O–H groups in total. The van der Waals surface area contributed by atoms with E-state index >= 15 is 0 Å². The van der Waals surface area contributed by atoms with Gasteiger partial charge in [-0.1, -0.05) is 43.6 Å². The normalized spacial score (nSPS) is 13.5. The Kier molecular flexibility index (Phi) is 80.1. The van der Waals surface area contributed by atoms with Gasteiger partial charge in [-0.2, -0.15) is 54.5 Å². The number of anilines is 1. The number of halogens is 6. The topological polar surface area (TPSA) is 372 Å². The van der Waals surface area contributed by atoms with Crippen LogP contribution in [-0.4, -0.2) is 95.5 Å².